The molecule has 0 bridgehead atoms. The maximum absolute atomic E-state index is 12.1. The predicted molar refractivity (Wildman–Crippen MR) is 82.6 cm³/mol. The molecule has 1 aliphatic rings. The van der Waals surface area contributed by atoms with Gasteiger partial charge >= 0.3 is 0 Å². The van der Waals surface area contributed by atoms with Crippen molar-refractivity contribution in [1.29, 1.82) is 0 Å². The Bertz CT molecular complexity index is 748. The number of aromatic nitrogens is 2. The summed E-state index contributed by atoms with van der Waals surface area (Å²) in [5.74, 6) is 0.317. The Hall–Kier alpha value is -2.21. The number of nitrogens with zero attached hydrogens (tertiary/aromatic N) is 2. The number of nitrogens with one attached hydrogen (secondary N) is 1. The monoisotopic (exact) mass is 301 g/mol. The van der Waals surface area contributed by atoms with Crippen LogP contribution in [-0.4, -0.2) is 35.4 Å². The summed E-state index contributed by atoms with van der Waals surface area (Å²) in [5.41, 5.74) is 0.473. The summed E-state index contributed by atoms with van der Waals surface area (Å²) in [7, 11) is 1.60. The fraction of sp³-hybridized carbons (Fsp3) is 0.438. The molecule has 0 saturated carbocycles. The summed E-state index contributed by atoms with van der Waals surface area (Å²) in [6, 6.07) is 7.25. The fourth-order valence-electron chi connectivity index (χ4n) is 2.72. The molecule has 6 nitrogen and oxygen atoms in total. The van der Waals surface area contributed by atoms with E-state index in [9.17, 15) is 9.59 Å². The van der Waals surface area contributed by atoms with Gasteiger partial charge in [-0.05, 0) is 12.5 Å². The van der Waals surface area contributed by atoms with E-state index in [0.29, 0.717) is 30.1 Å². The molecule has 1 aromatic carbocycles. The highest BCUT2D eigenvalue weighted by Gasteiger charge is 2.17. The lowest BCUT2D eigenvalue weighted by Gasteiger charge is -2.11. The smallest absolute Gasteiger partial charge is 0.274 e. The number of hydrogen-bond donors (Lipinski definition) is 1. The van der Waals surface area contributed by atoms with Crippen molar-refractivity contribution in [3.8, 4) is 0 Å². The number of hydrogen-bond acceptors (Lipinski definition) is 4. The molecule has 1 N–H and O–H groups in total. The number of carbonyl (C=O) groups excluding carboxylic acids is 1. The normalized spacial score (nSPS) is 17.8. The van der Waals surface area contributed by atoms with E-state index in [-0.39, 0.29) is 17.9 Å². The Kier molecular flexibility index (Phi) is 4.20. The van der Waals surface area contributed by atoms with Gasteiger partial charge in [0.2, 0.25) is 5.91 Å². The fourth-order valence-corrected chi connectivity index (χ4v) is 2.72. The van der Waals surface area contributed by atoms with Gasteiger partial charge in [0, 0.05) is 31.5 Å². The van der Waals surface area contributed by atoms with E-state index < -0.39 is 0 Å². The summed E-state index contributed by atoms with van der Waals surface area (Å²) in [5, 5.41) is 8.50. The first-order chi connectivity index (χ1) is 10.6. The molecule has 22 heavy (non-hydrogen) atoms. The number of amides is 1. The minimum atomic E-state index is -0.150. The number of benzene rings is 1. The van der Waals surface area contributed by atoms with Crippen LogP contribution in [0.4, 0.5) is 0 Å². The molecule has 116 valence electrons. The number of aryl methyl sites for hydroxylation is 1. The average molecular weight is 301 g/mol. The number of rotatable bonds is 4. The molecular weight excluding hydrogens is 282 g/mol. The molecule has 0 spiro atoms. The van der Waals surface area contributed by atoms with Crippen molar-refractivity contribution in [3.63, 3.8) is 0 Å². The Morgan fingerprint density at radius 2 is 2.18 bits per heavy atom. The number of fused-ring (bicyclic) bond motifs is 1. The second-order valence-electron chi connectivity index (χ2n) is 5.63. The lowest BCUT2D eigenvalue weighted by atomic mass is 10.1. The average Bonchev–Trinajstić information content (AvgIpc) is 3.04. The van der Waals surface area contributed by atoms with Crippen LogP contribution in [0, 0.1) is 5.92 Å². The van der Waals surface area contributed by atoms with E-state index in [1.165, 1.54) is 4.68 Å². The Morgan fingerprint density at radius 1 is 1.41 bits per heavy atom. The van der Waals surface area contributed by atoms with Crippen LogP contribution < -0.4 is 10.9 Å². The zero-order chi connectivity index (χ0) is 15.5. The van der Waals surface area contributed by atoms with Crippen LogP contribution in [0.1, 0.15) is 12.1 Å². The van der Waals surface area contributed by atoms with Gasteiger partial charge < -0.3 is 10.1 Å². The largest absolute Gasteiger partial charge is 0.381 e. The van der Waals surface area contributed by atoms with Crippen molar-refractivity contribution >= 4 is 16.7 Å². The van der Waals surface area contributed by atoms with Crippen LogP contribution >= 0.6 is 0 Å². The standard InChI is InChI=1S/C16H19N3O3/c1-19-16(21)13-5-3-2-4-12(13)14(18-19)8-15(20)17-9-11-6-7-22-10-11/h2-5,11H,6-10H2,1H3,(H,17,20). The summed E-state index contributed by atoms with van der Waals surface area (Å²) in [6.45, 7) is 2.11. The molecule has 1 atom stereocenters. The lowest BCUT2D eigenvalue weighted by molar-refractivity contribution is -0.120. The first-order valence-corrected chi connectivity index (χ1v) is 7.44. The molecule has 2 aromatic rings. The SMILES string of the molecule is Cn1nc(CC(=O)NCC2CCOC2)c2ccccc2c1=O. The quantitative estimate of drug-likeness (QED) is 0.899. The maximum Gasteiger partial charge on any atom is 0.274 e. The summed E-state index contributed by atoms with van der Waals surface area (Å²) < 4.78 is 6.58. The van der Waals surface area contributed by atoms with E-state index in [0.717, 1.165) is 18.4 Å². The highest BCUT2D eigenvalue weighted by molar-refractivity contribution is 5.88. The van der Waals surface area contributed by atoms with Gasteiger partial charge in [0.15, 0.2) is 0 Å². The topological polar surface area (TPSA) is 73.2 Å². The van der Waals surface area contributed by atoms with Gasteiger partial charge in [0.05, 0.1) is 24.1 Å². The molecule has 0 radical (unpaired) electrons. The summed E-state index contributed by atoms with van der Waals surface area (Å²) in [6.07, 6.45) is 1.16. The minimum Gasteiger partial charge on any atom is -0.381 e. The van der Waals surface area contributed by atoms with Crippen molar-refractivity contribution < 1.29 is 9.53 Å². The van der Waals surface area contributed by atoms with Gasteiger partial charge in [-0.1, -0.05) is 18.2 Å². The molecule has 1 unspecified atom stereocenters. The Balaban J connectivity index is 1.77. The second kappa shape index (κ2) is 6.27. The van der Waals surface area contributed by atoms with Crippen molar-refractivity contribution in [2.45, 2.75) is 12.8 Å². The zero-order valence-electron chi connectivity index (χ0n) is 12.5. The molecule has 1 aliphatic heterocycles. The van der Waals surface area contributed by atoms with E-state index in [1.807, 2.05) is 18.2 Å². The minimum absolute atomic E-state index is 0.0804. The summed E-state index contributed by atoms with van der Waals surface area (Å²) in [4.78, 5) is 24.2. The molecule has 3 rings (SSSR count). The molecular formula is C16H19N3O3. The molecule has 2 heterocycles. The molecule has 0 aliphatic carbocycles. The number of ether oxygens (including phenoxy) is 1. The zero-order valence-corrected chi connectivity index (χ0v) is 12.5. The van der Waals surface area contributed by atoms with Crippen molar-refractivity contribution in [3.05, 3.63) is 40.3 Å². The molecule has 1 saturated heterocycles. The summed E-state index contributed by atoms with van der Waals surface area (Å²) >= 11 is 0. The first kappa shape index (κ1) is 14.7. The highest BCUT2D eigenvalue weighted by Crippen LogP contribution is 2.14. The van der Waals surface area contributed by atoms with Crippen LogP contribution in [0.2, 0.25) is 0 Å². The van der Waals surface area contributed by atoms with Crippen LogP contribution in [0.3, 0.4) is 0 Å². The van der Waals surface area contributed by atoms with E-state index in [1.54, 1.807) is 13.1 Å². The molecule has 1 aromatic heterocycles. The van der Waals surface area contributed by atoms with E-state index in [4.69, 9.17) is 4.74 Å². The van der Waals surface area contributed by atoms with E-state index in [2.05, 4.69) is 10.4 Å². The van der Waals surface area contributed by atoms with Crippen LogP contribution in [0.25, 0.3) is 10.8 Å². The third-order valence-corrected chi connectivity index (χ3v) is 3.97. The maximum atomic E-state index is 12.1. The molecule has 1 amide bonds. The van der Waals surface area contributed by atoms with Gasteiger partial charge in [0.1, 0.15) is 0 Å². The van der Waals surface area contributed by atoms with Gasteiger partial charge in [-0.15, -0.1) is 0 Å². The van der Waals surface area contributed by atoms with Gasteiger partial charge in [-0.25, -0.2) is 4.68 Å². The van der Waals surface area contributed by atoms with Crippen LogP contribution in [0.15, 0.2) is 29.1 Å². The Morgan fingerprint density at radius 3 is 2.91 bits per heavy atom. The van der Waals surface area contributed by atoms with Gasteiger partial charge in [-0.2, -0.15) is 5.10 Å². The predicted octanol–water partition coefficient (Wildman–Crippen LogP) is 0.629. The third-order valence-electron chi connectivity index (χ3n) is 3.97. The van der Waals surface area contributed by atoms with E-state index >= 15 is 0 Å². The highest BCUT2D eigenvalue weighted by atomic mass is 16.5. The molecule has 1 fully saturated rings. The van der Waals surface area contributed by atoms with Crippen molar-refractivity contribution in [2.24, 2.45) is 13.0 Å². The first-order valence-electron chi connectivity index (χ1n) is 7.44. The second-order valence-corrected chi connectivity index (χ2v) is 5.63. The molecule has 6 heteroatoms. The lowest BCUT2D eigenvalue weighted by Crippen LogP contribution is -2.32. The van der Waals surface area contributed by atoms with Crippen molar-refractivity contribution in [2.75, 3.05) is 19.8 Å². The van der Waals surface area contributed by atoms with Gasteiger partial charge in [0.25, 0.3) is 5.56 Å². The number of carbonyl (C=O) groups is 1. The third kappa shape index (κ3) is 3.01. The van der Waals surface area contributed by atoms with Gasteiger partial charge in [-0.3, -0.25) is 9.59 Å². The van der Waals surface area contributed by atoms with Crippen molar-refractivity contribution in [1.82, 2.24) is 15.1 Å². The van der Waals surface area contributed by atoms with Crippen LogP contribution in [-0.2, 0) is 23.0 Å². The van der Waals surface area contributed by atoms with Crippen LogP contribution in [0.5, 0.6) is 0 Å². The Labute approximate surface area is 128 Å².